The van der Waals surface area contributed by atoms with Gasteiger partial charge in [-0.2, -0.15) is 0 Å². The molecule has 2 fully saturated rings. The molecule has 28 heavy (non-hydrogen) atoms. The molecular weight excluding hydrogens is 384 g/mol. The normalized spacial score (nSPS) is 17.1. The van der Waals surface area contributed by atoms with Crippen LogP contribution >= 0.6 is 11.8 Å². The highest BCUT2D eigenvalue weighted by atomic mass is 32.2. The quantitative estimate of drug-likeness (QED) is 0.695. The Bertz CT molecular complexity index is 763. The van der Waals surface area contributed by atoms with Gasteiger partial charge in [0.15, 0.2) is 0 Å². The summed E-state index contributed by atoms with van der Waals surface area (Å²) in [7, 11) is 1.62. The zero-order chi connectivity index (χ0) is 20.1. The van der Waals surface area contributed by atoms with Gasteiger partial charge >= 0.3 is 11.8 Å². The summed E-state index contributed by atoms with van der Waals surface area (Å²) in [6.07, 6.45) is 0. The van der Waals surface area contributed by atoms with Crippen molar-refractivity contribution in [2.24, 2.45) is 0 Å². The van der Waals surface area contributed by atoms with Gasteiger partial charge in [0.05, 0.1) is 18.6 Å². The summed E-state index contributed by atoms with van der Waals surface area (Å²) in [5, 5.41) is 2.17. The van der Waals surface area contributed by atoms with Crippen LogP contribution in [0.2, 0.25) is 0 Å². The van der Waals surface area contributed by atoms with E-state index in [-0.39, 0.29) is 30.0 Å². The number of para-hydroxylation sites is 2. The highest BCUT2D eigenvalue weighted by Gasteiger charge is 2.30. The van der Waals surface area contributed by atoms with E-state index in [1.165, 1.54) is 4.90 Å². The van der Waals surface area contributed by atoms with Gasteiger partial charge in [-0.1, -0.05) is 23.9 Å². The number of benzene rings is 1. The van der Waals surface area contributed by atoms with Crippen molar-refractivity contribution in [3.05, 3.63) is 24.3 Å². The Morgan fingerprint density at radius 2 is 1.86 bits per heavy atom. The minimum atomic E-state index is -0.725. The fourth-order valence-electron chi connectivity index (χ4n) is 3.14. The van der Waals surface area contributed by atoms with Crippen molar-refractivity contribution in [1.82, 2.24) is 15.1 Å². The maximum atomic E-state index is 12.3. The Kier molecular flexibility index (Phi) is 6.40. The van der Waals surface area contributed by atoms with E-state index in [9.17, 15) is 19.2 Å². The number of piperazine rings is 1. The maximum absolute atomic E-state index is 12.3. The van der Waals surface area contributed by atoms with E-state index < -0.39 is 11.8 Å². The Labute approximate surface area is 167 Å². The highest BCUT2D eigenvalue weighted by Crippen LogP contribution is 2.28. The standard InChI is InChI=1S/C18H22N4O5S/c1-27-14-5-3-2-4-13(14)20-8-10-21(11-9-20)17(25)16(24)19-6-7-22-15(23)12-28-18(22)26/h2-5H,6-12H2,1H3,(H,19,24). The number of hydrogen-bond acceptors (Lipinski definition) is 7. The van der Waals surface area contributed by atoms with Gasteiger partial charge in [-0.3, -0.25) is 24.1 Å². The van der Waals surface area contributed by atoms with Crippen molar-refractivity contribution in [2.45, 2.75) is 0 Å². The molecule has 0 saturated carbocycles. The van der Waals surface area contributed by atoms with Crippen LogP contribution in [0.25, 0.3) is 0 Å². The van der Waals surface area contributed by atoms with Crippen molar-refractivity contribution >= 4 is 40.4 Å². The Morgan fingerprint density at radius 3 is 2.50 bits per heavy atom. The maximum Gasteiger partial charge on any atom is 0.312 e. The van der Waals surface area contributed by atoms with Crippen LogP contribution in [0.15, 0.2) is 24.3 Å². The van der Waals surface area contributed by atoms with Crippen molar-refractivity contribution in [1.29, 1.82) is 0 Å². The number of nitrogens with one attached hydrogen (secondary N) is 1. The minimum absolute atomic E-state index is 0.0593. The molecule has 0 radical (unpaired) electrons. The van der Waals surface area contributed by atoms with Crippen LogP contribution in [-0.4, -0.2) is 84.9 Å². The van der Waals surface area contributed by atoms with Crippen LogP contribution in [0.5, 0.6) is 5.75 Å². The number of carbonyl (C=O) groups is 4. The molecule has 150 valence electrons. The summed E-state index contributed by atoms with van der Waals surface area (Å²) in [6.45, 7) is 2.16. The minimum Gasteiger partial charge on any atom is -0.495 e. The van der Waals surface area contributed by atoms with Gasteiger partial charge in [-0.25, -0.2) is 0 Å². The predicted octanol–water partition coefficient (Wildman–Crippen LogP) is 0.155. The fraction of sp³-hybridized carbons (Fsp3) is 0.444. The topological polar surface area (TPSA) is 99.3 Å². The lowest BCUT2D eigenvalue weighted by Gasteiger charge is -2.36. The molecule has 10 heteroatoms. The van der Waals surface area contributed by atoms with Crippen LogP contribution in [0.4, 0.5) is 10.5 Å². The number of rotatable bonds is 5. The number of carbonyl (C=O) groups excluding carboxylic acids is 4. The van der Waals surface area contributed by atoms with E-state index in [0.29, 0.717) is 26.2 Å². The SMILES string of the molecule is COc1ccccc1N1CCN(C(=O)C(=O)NCCN2C(=O)CSC2=O)CC1. The molecule has 9 nitrogen and oxygen atoms in total. The molecule has 3 rings (SSSR count). The van der Waals surface area contributed by atoms with Crippen LogP contribution in [-0.2, 0) is 14.4 Å². The Balaban J connectivity index is 1.46. The second kappa shape index (κ2) is 8.96. The van der Waals surface area contributed by atoms with Crippen LogP contribution in [0.3, 0.4) is 0 Å². The Hall–Kier alpha value is -2.75. The third kappa shape index (κ3) is 4.38. The first-order valence-electron chi connectivity index (χ1n) is 8.93. The van der Waals surface area contributed by atoms with Crippen molar-refractivity contribution in [3.63, 3.8) is 0 Å². The molecule has 1 N–H and O–H groups in total. The van der Waals surface area contributed by atoms with Gasteiger partial charge in [0.2, 0.25) is 5.91 Å². The zero-order valence-electron chi connectivity index (χ0n) is 15.6. The zero-order valence-corrected chi connectivity index (χ0v) is 16.4. The fourth-order valence-corrected chi connectivity index (χ4v) is 3.89. The van der Waals surface area contributed by atoms with Crippen molar-refractivity contribution < 1.29 is 23.9 Å². The lowest BCUT2D eigenvalue weighted by Crippen LogP contribution is -2.53. The average Bonchev–Trinajstić information content (AvgIpc) is 3.05. The molecule has 0 aliphatic carbocycles. The first kappa shape index (κ1) is 20.0. The summed E-state index contributed by atoms with van der Waals surface area (Å²) in [4.78, 5) is 52.2. The smallest absolute Gasteiger partial charge is 0.312 e. The third-order valence-electron chi connectivity index (χ3n) is 4.65. The molecule has 0 unspecified atom stereocenters. The molecule has 0 bridgehead atoms. The number of amides is 4. The van der Waals surface area contributed by atoms with E-state index in [1.807, 2.05) is 24.3 Å². The lowest BCUT2D eigenvalue weighted by molar-refractivity contribution is -0.146. The number of hydrogen-bond donors (Lipinski definition) is 1. The number of nitrogens with zero attached hydrogens (tertiary/aromatic N) is 3. The van der Waals surface area contributed by atoms with Crippen molar-refractivity contribution in [3.8, 4) is 5.75 Å². The largest absolute Gasteiger partial charge is 0.495 e. The van der Waals surface area contributed by atoms with Gasteiger partial charge in [0, 0.05) is 39.3 Å². The van der Waals surface area contributed by atoms with Gasteiger partial charge in [0.25, 0.3) is 5.24 Å². The third-order valence-corrected chi connectivity index (χ3v) is 5.51. The van der Waals surface area contributed by atoms with E-state index in [0.717, 1.165) is 28.1 Å². The molecule has 2 saturated heterocycles. The van der Waals surface area contributed by atoms with Crippen LogP contribution in [0, 0.1) is 0 Å². The first-order valence-corrected chi connectivity index (χ1v) is 9.92. The molecule has 4 amide bonds. The molecule has 1 aromatic rings. The molecular formula is C18H22N4O5S. The summed E-state index contributed by atoms with van der Waals surface area (Å²) in [5.41, 5.74) is 0.958. The Morgan fingerprint density at radius 1 is 1.14 bits per heavy atom. The lowest BCUT2D eigenvalue weighted by atomic mass is 10.2. The van der Waals surface area contributed by atoms with Gasteiger partial charge in [-0.15, -0.1) is 0 Å². The second-order valence-corrected chi connectivity index (χ2v) is 7.23. The number of imide groups is 1. The average molecular weight is 406 g/mol. The summed E-state index contributed by atoms with van der Waals surface area (Å²) >= 11 is 0.938. The summed E-state index contributed by atoms with van der Waals surface area (Å²) < 4.78 is 5.37. The molecule has 2 aliphatic heterocycles. The van der Waals surface area contributed by atoms with E-state index >= 15 is 0 Å². The number of anilines is 1. The molecule has 0 aromatic heterocycles. The van der Waals surface area contributed by atoms with E-state index in [4.69, 9.17) is 4.74 Å². The van der Waals surface area contributed by atoms with E-state index in [1.54, 1.807) is 7.11 Å². The van der Waals surface area contributed by atoms with Gasteiger partial charge < -0.3 is 19.9 Å². The molecule has 0 atom stereocenters. The van der Waals surface area contributed by atoms with Crippen molar-refractivity contribution in [2.75, 3.05) is 57.0 Å². The van der Waals surface area contributed by atoms with Gasteiger partial charge in [0.1, 0.15) is 5.75 Å². The summed E-state index contributed by atoms with van der Waals surface area (Å²) in [6, 6.07) is 7.67. The summed E-state index contributed by atoms with van der Waals surface area (Å²) in [5.74, 6) is -0.708. The monoisotopic (exact) mass is 406 g/mol. The molecule has 1 aromatic carbocycles. The predicted molar refractivity (Wildman–Crippen MR) is 104 cm³/mol. The molecule has 2 aliphatic rings. The highest BCUT2D eigenvalue weighted by molar-refractivity contribution is 8.14. The second-order valence-electron chi connectivity index (χ2n) is 6.31. The number of ether oxygens (including phenoxy) is 1. The van der Waals surface area contributed by atoms with Crippen LogP contribution in [0.1, 0.15) is 0 Å². The van der Waals surface area contributed by atoms with Gasteiger partial charge in [-0.05, 0) is 12.1 Å². The van der Waals surface area contributed by atoms with Crippen LogP contribution < -0.4 is 15.0 Å². The number of thioether (sulfide) groups is 1. The molecule has 0 spiro atoms. The first-order chi connectivity index (χ1) is 13.5. The number of methoxy groups -OCH3 is 1. The van der Waals surface area contributed by atoms with E-state index in [2.05, 4.69) is 10.2 Å². The molecule has 2 heterocycles.